The molecule has 104 valence electrons. The van der Waals surface area contributed by atoms with Crippen LogP contribution in [0.25, 0.3) is 0 Å². The minimum absolute atomic E-state index is 0.000579. The summed E-state index contributed by atoms with van der Waals surface area (Å²) in [4.78, 5) is 13.7. The lowest BCUT2D eigenvalue weighted by Gasteiger charge is -2.23. The predicted molar refractivity (Wildman–Crippen MR) is 75.1 cm³/mol. The predicted octanol–water partition coefficient (Wildman–Crippen LogP) is 1.70. The van der Waals surface area contributed by atoms with Crippen molar-refractivity contribution >= 4 is 6.03 Å². The normalized spacial score (nSPS) is 18.6. The third-order valence-corrected chi connectivity index (χ3v) is 3.66. The van der Waals surface area contributed by atoms with Crippen LogP contribution in [-0.2, 0) is 6.42 Å². The van der Waals surface area contributed by atoms with Gasteiger partial charge >= 0.3 is 6.03 Å². The first-order valence-corrected chi connectivity index (χ1v) is 6.91. The minimum atomic E-state index is -0.0522. The molecule has 0 radical (unpaired) electrons. The Bertz CT molecular complexity index is 417. The number of amides is 2. The van der Waals surface area contributed by atoms with Gasteiger partial charge in [0.1, 0.15) is 0 Å². The van der Waals surface area contributed by atoms with Crippen molar-refractivity contribution in [3.63, 3.8) is 0 Å². The van der Waals surface area contributed by atoms with Gasteiger partial charge in [-0.2, -0.15) is 0 Å². The fourth-order valence-corrected chi connectivity index (χ4v) is 2.46. The molecule has 0 spiro atoms. The Morgan fingerprint density at radius 2 is 2.16 bits per heavy atom. The average Bonchev–Trinajstić information content (AvgIpc) is 2.89. The van der Waals surface area contributed by atoms with E-state index in [9.17, 15) is 9.90 Å². The standard InChI is InChI=1S/C15H22N2O2/c1-12-4-6-13(7-5-12)8-9-16-15(19)17-10-2-3-14(17)11-18/h4-7,14,18H,2-3,8-11H2,1H3,(H,16,19). The molecule has 0 saturated carbocycles. The molecule has 1 atom stereocenters. The zero-order valence-corrected chi connectivity index (χ0v) is 11.4. The van der Waals surface area contributed by atoms with E-state index < -0.39 is 0 Å². The molecule has 1 heterocycles. The lowest BCUT2D eigenvalue weighted by atomic mass is 10.1. The molecule has 1 aliphatic rings. The van der Waals surface area contributed by atoms with Crippen LogP contribution in [0, 0.1) is 6.92 Å². The van der Waals surface area contributed by atoms with Crippen LogP contribution in [0.4, 0.5) is 4.79 Å². The summed E-state index contributed by atoms with van der Waals surface area (Å²) in [5.41, 5.74) is 2.47. The van der Waals surface area contributed by atoms with E-state index >= 15 is 0 Å². The van der Waals surface area contributed by atoms with Crippen molar-refractivity contribution in [1.29, 1.82) is 0 Å². The quantitative estimate of drug-likeness (QED) is 0.868. The number of rotatable bonds is 4. The third kappa shape index (κ3) is 3.70. The van der Waals surface area contributed by atoms with Gasteiger partial charge in [-0.15, -0.1) is 0 Å². The molecule has 1 aromatic carbocycles. The number of aliphatic hydroxyl groups is 1. The summed E-state index contributed by atoms with van der Waals surface area (Å²) in [6.45, 7) is 3.51. The van der Waals surface area contributed by atoms with Gasteiger partial charge in [-0.05, 0) is 31.7 Å². The first-order chi connectivity index (χ1) is 9.20. The first kappa shape index (κ1) is 13.9. The van der Waals surface area contributed by atoms with Crippen LogP contribution in [-0.4, -0.2) is 41.8 Å². The molecule has 19 heavy (non-hydrogen) atoms. The molecule has 1 aliphatic heterocycles. The molecule has 4 nitrogen and oxygen atoms in total. The maximum absolute atomic E-state index is 12.0. The molecule has 2 rings (SSSR count). The van der Waals surface area contributed by atoms with Gasteiger partial charge in [-0.1, -0.05) is 29.8 Å². The van der Waals surface area contributed by atoms with Gasteiger partial charge < -0.3 is 15.3 Å². The summed E-state index contributed by atoms with van der Waals surface area (Å²) in [5.74, 6) is 0. The fourth-order valence-electron chi connectivity index (χ4n) is 2.46. The van der Waals surface area contributed by atoms with E-state index in [0.29, 0.717) is 6.54 Å². The summed E-state index contributed by atoms with van der Waals surface area (Å²) in [6.07, 6.45) is 2.72. The van der Waals surface area contributed by atoms with E-state index in [1.807, 2.05) is 0 Å². The number of likely N-dealkylation sites (tertiary alicyclic amines) is 1. The summed E-state index contributed by atoms with van der Waals surface area (Å²) in [7, 11) is 0. The summed E-state index contributed by atoms with van der Waals surface area (Å²) >= 11 is 0. The van der Waals surface area contributed by atoms with E-state index in [4.69, 9.17) is 0 Å². The lowest BCUT2D eigenvalue weighted by Crippen LogP contribution is -2.44. The molecule has 4 heteroatoms. The highest BCUT2D eigenvalue weighted by molar-refractivity contribution is 5.74. The van der Waals surface area contributed by atoms with Gasteiger partial charge in [0, 0.05) is 13.1 Å². The Balaban J connectivity index is 1.76. The monoisotopic (exact) mass is 262 g/mol. The van der Waals surface area contributed by atoms with E-state index in [2.05, 4.69) is 36.5 Å². The summed E-state index contributed by atoms with van der Waals surface area (Å²) in [6, 6.07) is 8.30. The zero-order chi connectivity index (χ0) is 13.7. The Kier molecular flexibility index (Phi) is 4.80. The molecule has 0 aromatic heterocycles. The van der Waals surface area contributed by atoms with Crippen molar-refractivity contribution in [3.05, 3.63) is 35.4 Å². The number of hydrogen-bond acceptors (Lipinski definition) is 2. The van der Waals surface area contributed by atoms with E-state index in [1.165, 1.54) is 11.1 Å². The number of aryl methyl sites for hydroxylation is 1. The van der Waals surface area contributed by atoms with Crippen molar-refractivity contribution < 1.29 is 9.90 Å². The number of urea groups is 1. The van der Waals surface area contributed by atoms with Crippen LogP contribution < -0.4 is 5.32 Å². The topological polar surface area (TPSA) is 52.6 Å². The van der Waals surface area contributed by atoms with Gasteiger partial charge in [0.2, 0.25) is 0 Å². The van der Waals surface area contributed by atoms with Crippen molar-refractivity contribution in [1.82, 2.24) is 10.2 Å². The van der Waals surface area contributed by atoms with Gasteiger partial charge in [0.05, 0.1) is 12.6 Å². The smallest absolute Gasteiger partial charge is 0.317 e. The highest BCUT2D eigenvalue weighted by atomic mass is 16.3. The van der Waals surface area contributed by atoms with Crippen molar-refractivity contribution in [2.75, 3.05) is 19.7 Å². The first-order valence-electron chi connectivity index (χ1n) is 6.91. The fraction of sp³-hybridized carbons (Fsp3) is 0.533. The Morgan fingerprint density at radius 1 is 1.42 bits per heavy atom. The molecular weight excluding hydrogens is 240 g/mol. The number of nitrogens with one attached hydrogen (secondary N) is 1. The Labute approximate surface area is 114 Å². The number of carbonyl (C=O) groups is 1. The summed E-state index contributed by atoms with van der Waals surface area (Å²) < 4.78 is 0. The molecule has 2 N–H and O–H groups in total. The van der Waals surface area contributed by atoms with Gasteiger partial charge in [-0.3, -0.25) is 0 Å². The van der Waals surface area contributed by atoms with Crippen LogP contribution in [0.1, 0.15) is 24.0 Å². The highest BCUT2D eigenvalue weighted by Crippen LogP contribution is 2.16. The lowest BCUT2D eigenvalue weighted by molar-refractivity contribution is 0.157. The minimum Gasteiger partial charge on any atom is -0.394 e. The summed E-state index contributed by atoms with van der Waals surface area (Å²) in [5, 5.41) is 12.1. The highest BCUT2D eigenvalue weighted by Gasteiger charge is 2.27. The van der Waals surface area contributed by atoms with Crippen LogP contribution >= 0.6 is 0 Å². The second kappa shape index (κ2) is 6.57. The molecule has 1 unspecified atom stereocenters. The largest absolute Gasteiger partial charge is 0.394 e. The Morgan fingerprint density at radius 3 is 2.84 bits per heavy atom. The van der Waals surface area contributed by atoms with Crippen LogP contribution in [0.15, 0.2) is 24.3 Å². The molecule has 1 aromatic rings. The van der Waals surface area contributed by atoms with Crippen molar-refractivity contribution in [3.8, 4) is 0 Å². The third-order valence-electron chi connectivity index (χ3n) is 3.66. The molecule has 0 bridgehead atoms. The average molecular weight is 262 g/mol. The SMILES string of the molecule is Cc1ccc(CCNC(=O)N2CCCC2CO)cc1. The van der Waals surface area contributed by atoms with Gasteiger partial charge in [0.15, 0.2) is 0 Å². The van der Waals surface area contributed by atoms with Gasteiger partial charge in [0.25, 0.3) is 0 Å². The molecule has 1 saturated heterocycles. The number of hydrogen-bond donors (Lipinski definition) is 2. The van der Waals surface area contributed by atoms with Crippen molar-refractivity contribution in [2.45, 2.75) is 32.2 Å². The van der Waals surface area contributed by atoms with Gasteiger partial charge in [-0.25, -0.2) is 4.79 Å². The maximum Gasteiger partial charge on any atom is 0.317 e. The van der Waals surface area contributed by atoms with Crippen LogP contribution in [0.2, 0.25) is 0 Å². The number of nitrogens with zero attached hydrogens (tertiary/aromatic N) is 1. The van der Waals surface area contributed by atoms with Crippen LogP contribution in [0.5, 0.6) is 0 Å². The van der Waals surface area contributed by atoms with Crippen molar-refractivity contribution in [2.24, 2.45) is 0 Å². The maximum atomic E-state index is 12.0. The second-order valence-electron chi connectivity index (χ2n) is 5.14. The molecule has 0 aliphatic carbocycles. The van der Waals surface area contributed by atoms with E-state index in [1.54, 1.807) is 4.90 Å². The second-order valence-corrected chi connectivity index (χ2v) is 5.14. The number of aliphatic hydroxyl groups excluding tert-OH is 1. The zero-order valence-electron chi connectivity index (χ0n) is 11.4. The number of benzene rings is 1. The van der Waals surface area contributed by atoms with Crippen LogP contribution in [0.3, 0.4) is 0 Å². The molecule has 1 fully saturated rings. The van der Waals surface area contributed by atoms with E-state index in [0.717, 1.165) is 25.8 Å². The van der Waals surface area contributed by atoms with E-state index in [-0.39, 0.29) is 18.7 Å². The number of carbonyl (C=O) groups excluding carboxylic acids is 1. The Hall–Kier alpha value is -1.55. The molecule has 2 amide bonds. The molecular formula is C15H22N2O2.